The van der Waals surface area contributed by atoms with Crippen molar-refractivity contribution in [2.75, 3.05) is 17.7 Å². The Bertz CT molecular complexity index is 1180. The van der Waals surface area contributed by atoms with E-state index >= 15 is 0 Å². The van der Waals surface area contributed by atoms with Crippen LogP contribution in [0.3, 0.4) is 0 Å². The molecule has 182 valence electrons. The van der Waals surface area contributed by atoms with Crippen molar-refractivity contribution in [3.05, 3.63) is 70.8 Å². The Balaban J connectivity index is 1.53. The maximum absolute atomic E-state index is 13.4. The summed E-state index contributed by atoms with van der Waals surface area (Å²) in [5.41, 5.74) is 1.25. The summed E-state index contributed by atoms with van der Waals surface area (Å²) >= 11 is 6.32. The van der Waals surface area contributed by atoms with Crippen molar-refractivity contribution in [3.63, 3.8) is 0 Å². The first-order chi connectivity index (χ1) is 17.1. The van der Waals surface area contributed by atoms with Gasteiger partial charge in [-0.05, 0) is 36.1 Å². The molecule has 1 saturated carbocycles. The van der Waals surface area contributed by atoms with Gasteiger partial charge >= 0.3 is 0 Å². The van der Waals surface area contributed by atoms with Gasteiger partial charge in [-0.15, -0.1) is 0 Å². The summed E-state index contributed by atoms with van der Waals surface area (Å²) in [6.45, 7) is 7.42. The molecule has 0 aliphatic heterocycles. The highest BCUT2D eigenvalue weighted by Gasteiger charge is 2.25. The van der Waals surface area contributed by atoms with Gasteiger partial charge in [0.25, 0.3) is 0 Å². The lowest BCUT2D eigenvalue weighted by Crippen LogP contribution is -2.41. The summed E-state index contributed by atoms with van der Waals surface area (Å²) in [6, 6.07) is 10.4. The third kappa shape index (κ3) is 6.52. The van der Waals surface area contributed by atoms with Gasteiger partial charge in [-0.2, -0.15) is 9.97 Å². The van der Waals surface area contributed by atoms with E-state index in [0.29, 0.717) is 40.8 Å². The third-order valence-corrected chi connectivity index (χ3v) is 6.71. The molecule has 1 unspecified atom stereocenters. The zero-order valence-corrected chi connectivity index (χ0v) is 20.6. The van der Waals surface area contributed by atoms with Gasteiger partial charge < -0.3 is 20.5 Å². The topological polar surface area (TPSA) is 88.2 Å². The monoisotopic (exact) mass is 491 g/mol. The van der Waals surface area contributed by atoms with Crippen LogP contribution in [0.1, 0.15) is 44.1 Å². The lowest BCUT2D eigenvalue weighted by atomic mass is 9.84. The van der Waals surface area contributed by atoms with Crippen LogP contribution >= 0.6 is 11.6 Å². The molecule has 4 rings (SSSR count). The molecular formula is C26H30ClN7O. The molecule has 1 aromatic carbocycles. The molecule has 0 bridgehead atoms. The minimum Gasteiger partial charge on any atom is -0.358 e. The van der Waals surface area contributed by atoms with Crippen molar-refractivity contribution < 1.29 is 4.79 Å². The van der Waals surface area contributed by atoms with E-state index in [2.05, 4.69) is 30.8 Å². The SMILES string of the molecule is [C-]#[N+]c1ccc(CNC(=O)C(CC2CCCCC2)Nc2cc(-n3cccc3)nc(NC)n2)c(Cl)c1. The summed E-state index contributed by atoms with van der Waals surface area (Å²) in [7, 11) is 1.77. The van der Waals surface area contributed by atoms with E-state index < -0.39 is 6.04 Å². The van der Waals surface area contributed by atoms with E-state index in [4.69, 9.17) is 18.2 Å². The van der Waals surface area contributed by atoms with Gasteiger partial charge in [-0.3, -0.25) is 4.79 Å². The Morgan fingerprint density at radius 2 is 1.97 bits per heavy atom. The lowest BCUT2D eigenvalue weighted by molar-refractivity contribution is -0.122. The predicted molar refractivity (Wildman–Crippen MR) is 139 cm³/mol. The number of anilines is 2. The quantitative estimate of drug-likeness (QED) is 0.340. The van der Waals surface area contributed by atoms with Crippen molar-refractivity contribution in [2.45, 2.75) is 51.1 Å². The fourth-order valence-electron chi connectivity index (χ4n) is 4.46. The number of hydrogen-bond donors (Lipinski definition) is 3. The maximum Gasteiger partial charge on any atom is 0.242 e. The largest absolute Gasteiger partial charge is 0.358 e. The van der Waals surface area contributed by atoms with Gasteiger partial charge in [0, 0.05) is 37.1 Å². The van der Waals surface area contributed by atoms with Gasteiger partial charge in [0.2, 0.25) is 11.9 Å². The Kier molecular flexibility index (Phi) is 8.22. The normalized spacial score (nSPS) is 14.7. The van der Waals surface area contributed by atoms with Crippen molar-refractivity contribution in [3.8, 4) is 5.82 Å². The average Bonchev–Trinajstić information content (AvgIpc) is 3.43. The number of hydrogen-bond acceptors (Lipinski definition) is 5. The first-order valence-corrected chi connectivity index (χ1v) is 12.3. The first kappa shape index (κ1) is 24.6. The van der Waals surface area contributed by atoms with E-state index in [1.54, 1.807) is 25.2 Å². The number of nitrogens with one attached hydrogen (secondary N) is 3. The summed E-state index contributed by atoms with van der Waals surface area (Å²) in [6.07, 6.45) is 10.5. The second-order valence-corrected chi connectivity index (χ2v) is 9.22. The molecule has 8 nitrogen and oxygen atoms in total. The molecular weight excluding hydrogens is 462 g/mol. The number of carbonyl (C=O) groups is 1. The van der Waals surface area contributed by atoms with Crippen LogP contribution in [-0.2, 0) is 11.3 Å². The molecule has 1 aliphatic rings. The minimum atomic E-state index is -0.448. The van der Waals surface area contributed by atoms with Crippen molar-refractivity contribution in [1.29, 1.82) is 0 Å². The molecule has 1 atom stereocenters. The van der Waals surface area contributed by atoms with Crippen LogP contribution in [0.15, 0.2) is 48.8 Å². The molecule has 1 amide bonds. The standard InChI is InChI=1S/C26H30ClN7O/c1-28-20-11-10-19(21(27)15-20)17-30-25(35)22(14-18-8-4-3-5-9-18)31-23-16-24(33-26(29-2)32-23)34-12-6-7-13-34/h6-7,10-13,15-16,18,22H,3-5,8-9,14,17H2,2H3,(H,30,35)(H2,29,31,32,33). The average molecular weight is 492 g/mol. The highest BCUT2D eigenvalue weighted by Crippen LogP contribution is 2.29. The van der Waals surface area contributed by atoms with Crippen LogP contribution in [0.2, 0.25) is 5.02 Å². The second kappa shape index (κ2) is 11.7. The Morgan fingerprint density at radius 3 is 2.66 bits per heavy atom. The smallest absolute Gasteiger partial charge is 0.242 e. The highest BCUT2D eigenvalue weighted by atomic mass is 35.5. The molecule has 0 radical (unpaired) electrons. The number of nitrogens with zero attached hydrogens (tertiary/aromatic N) is 4. The molecule has 2 heterocycles. The maximum atomic E-state index is 13.4. The first-order valence-electron chi connectivity index (χ1n) is 12.0. The van der Waals surface area contributed by atoms with Gasteiger partial charge in [-0.1, -0.05) is 55.8 Å². The van der Waals surface area contributed by atoms with Gasteiger partial charge in [-0.25, -0.2) is 4.85 Å². The van der Waals surface area contributed by atoms with Crippen LogP contribution < -0.4 is 16.0 Å². The molecule has 0 saturated heterocycles. The van der Waals surface area contributed by atoms with Crippen LogP contribution in [0.4, 0.5) is 17.5 Å². The summed E-state index contributed by atoms with van der Waals surface area (Å²) < 4.78 is 1.90. The van der Waals surface area contributed by atoms with Gasteiger partial charge in [0.15, 0.2) is 5.69 Å². The molecule has 1 fully saturated rings. The van der Waals surface area contributed by atoms with Crippen molar-refractivity contribution in [1.82, 2.24) is 19.9 Å². The molecule has 0 spiro atoms. The fraction of sp³-hybridized carbons (Fsp3) is 0.385. The Morgan fingerprint density at radius 1 is 1.20 bits per heavy atom. The van der Waals surface area contributed by atoms with Crippen LogP contribution in [0.5, 0.6) is 0 Å². The molecule has 35 heavy (non-hydrogen) atoms. The minimum absolute atomic E-state index is 0.104. The number of benzene rings is 1. The van der Waals surface area contributed by atoms with Crippen LogP contribution in [0, 0.1) is 12.5 Å². The Hall–Kier alpha value is -3.57. The number of halogens is 1. The number of aromatic nitrogens is 3. The van der Waals surface area contributed by atoms with Crippen molar-refractivity contribution in [2.24, 2.45) is 5.92 Å². The highest BCUT2D eigenvalue weighted by molar-refractivity contribution is 6.31. The zero-order valence-electron chi connectivity index (χ0n) is 19.8. The van der Waals surface area contributed by atoms with Crippen molar-refractivity contribution >= 4 is 35.0 Å². The molecule has 9 heteroatoms. The predicted octanol–water partition coefficient (Wildman–Crippen LogP) is 5.58. The van der Waals surface area contributed by atoms with Gasteiger partial charge in [0.1, 0.15) is 17.7 Å². The third-order valence-electron chi connectivity index (χ3n) is 6.36. The van der Waals surface area contributed by atoms with Crippen LogP contribution in [-0.4, -0.2) is 33.5 Å². The molecule has 1 aliphatic carbocycles. The molecule has 2 aromatic heterocycles. The van der Waals surface area contributed by atoms with Gasteiger partial charge in [0.05, 0.1) is 6.57 Å². The van der Waals surface area contributed by atoms with E-state index in [1.807, 2.05) is 35.2 Å². The summed E-state index contributed by atoms with van der Waals surface area (Å²) in [5.74, 6) is 2.15. The summed E-state index contributed by atoms with van der Waals surface area (Å²) in [5, 5.41) is 9.89. The lowest BCUT2D eigenvalue weighted by Gasteiger charge is -2.27. The molecule has 3 N–H and O–H groups in total. The second-order valence-electron chi connectivity index (χ2n) is 8.82. The molecule has 3 aromatic rings. The number of carbonyl (C=O) groups excluding carboxylic acids is 1. The Labute approximate surface area is 210 Å². The van der Waals surface area contributed by atoms with E-state index in [-0.39, 0.29) is 5.91 Å². The number of amides is 1. The van der Waals surface area contributed by atoms with E-state index in [1.165, 1.54) is 19.3 Å². The van der Waals surface area contributed by atoms with E-state index in [9.17, 15) is 4.79 Å². The van der Waals surface area contributed by atoms with E-state index in [0.717, 1.165) is 24.8 Å². The van der Waals surface area contributed by atoms with Crippen LogP contribution in [0.25, 0.3) is 10.7 Å². The summed E-state index contributed by atoms with van der Waals surface area (Å²) in [4.78, 5) is 25.8. The fourth-order valence-corrected chi connectivity index (χ4v) is 4.70. The number of rotatable bonds is 9. The zero-order chi connectivity index (χ0) is 24.6.